The van der Waals surface area contributed by atoms with Gasteiger partial charge in [-0.3, -0.25) is 4.98 Å². The number of nitrogens with zero attached hydrogens (tertiary/aromatic N) is 2. The van der Waals surface area contributed by atoms with E-state index in [0.717, 1.165) is 30.2 Å². The molecule has 1 aromatic heterocycles. The Kier molecular flexibility index (Phi) is 4.64. The van der Waals surface area contributed by atoms with E-state index >= 15 is 0 Å². The Morgan fingerprint density at radius 1 is 1.53 bits per heavy atom. The van der Waals surface area contributed by atoms with E-state index in [1.54, 1.807) is 7.11 Å². The number of nitrogens with one attached hydrogen (secondary N) is 1. The molecule has 0 saturated carbocycles. The van der Waals surface area contributed by atoms with Crippen molar-refractivity contribution in [1.29, 1.82) is 0 Å². The minimum atomic E-state index is 0.443. The van der Waals surface area contributed by atoms with E-state index < -0.39 is 0 Å². The number of anilines is 1. The fourth-order valence-corrected chi connectivity index (χ4v) is 2.65. The van der Waals surface area contributed by atoms with Crippen LogP contribution in [0.1, 0.15) is 32.4 Å². The lowest BCUT2D eigenvalue weighted by Crippen LogP contribution is -2.41. The van der Waals surface area contributed by atoms with Crippen LogP contribution in [-0.4, -0.2) is 37.3 Å². The Bertz CT molecular complexity index is 414. The predicted molar refractivity (Wildman–Crippen MR) is 79.0 cm³/mol. The second kappa shape index (κ2) is 6.24. The molecule has 4 heteroatoms. The monoisotopic (exact) mass is 263 g/mol. The maximum absolute atomic E-state index is 5.47. The smallest absolute Gasteiger partial charge is 0.160 e. The van der Waals surface area contributed by atoms with Gasteiger partial charge in [0.05, 0.1) is 19.0 Å². The average molecular weight is 263 g/mol. The molecule has 0 bridgehead atoms. The van der Waals surface area contributed by atoms with Gasteiger partial charge in [0.2, 0.25) is 0 Å². The topological polar surface area (TPSA) is 37.4 Å². The SMILES string of the molecule is COc1cnc(C)cc1N(CC1CCCN1)C(C)C. The molecule has 1 fully saturated rings. The van der Waals surface area contributed by atoms with Gasteiger partial charge in [-0.2, -0.15) is 0 Å². The number of hydrogen-bond acceptors (Lipinski definition) is 4. The van der Waals surface area contributed by atoms with Gasteiger partial charge in [0.25, 0.3) is 0 Å². The predicted octanol–water partition coefficient (Wildman–Crippen LogP) is 2.37. The largest absolute Gasteiger partial charge is 0.493 e. The number of methoxy groups -OCH3 is 1. The first kappa shape index (κ1) is 14.1. The molecule has 106 valence electrons. The van der Waals surface area contributed by atoms with E-state index in [4.69, 9.17) is 4.74 Å². The third-order valence-electron chi connectivity index (χ3n) is 3.72. The first-order valence-corrected chi connectivity index (χ1v) is 7.12. The van der Waals surface area contributed by atoms with Gasteiger partial charge < -0.3 is 15.0 Å². The standard InChI is InChI=1S/C15H25N3O/c1-11(2)18(10-13-6-5-7-16-13)14-8-12(3)17-9-15(14)19-4/h8-9,11,13,16H,5-7,10H2,1-4H3. The summed E-state index contributed by atoms with van der Waals surface area (Å²) in [7, 11) is 1.71. The molecule has 1 aromatic rings. The number of rotatable bonds is 5. The Hall–Kier alpha value is -1.29. The number of aryl methyl sites for hydroxylation is 1. The van der Waals surface area contributed by atoms with Crippen molar-refractivity contribution < 1.29 is 4.74 Å². The Morgan fingerprint density at radius 3 is 2.89 bits per heavy atom. The average Bonchev–Trinajstić information content (AvgIpc) is 2.88. The minimum Gasteiger partial charge on any atom is -0.493 e. The van der Waals surface area contributed by atoms with Gasteiger partial charge in [-0.25, -0.2) is 0 Å². The first-order chi connectivity index (χ1) is 9.11. The molecular weight excluding hydrogens is 238 g/mol. The molecule has 0 spiro atoms. The van der Waals surface area contributed by atoms with Gasteiger partial charge in [-0.15, -0.1) is 0 Å². The molecule has 0 aliphatic carbocycles. The van der Waals surface area contributed by atoms with Crippen LogP contribution < -0.4 is 15.0 Å². The van der Waals surface area contributed by atoms with E-state index in [0.29, 0.717) is 12.1 Å². The third-order valence-corrected chi connectivity index (χ3v) is 3.72. The highest BCUT2D eigenvalue weighted by molar-refractivity contribution is 5.59. The molecule has 1 aliphatic heterocycles. The zero-order chi connectivity index (χ0) is 13.8. The summed E-state index contributed by atoms with van der Waals surface area (Å²) in [6.45, 7) is 8.64. The highest BCUT2D eigenvalue weighted by Gasteiger charge is 2.22. The molecule has 0 amide bonds. The maximum Gasteiger partial charge on any atom is 0.160 e. The van der Waals surface area contributed by atoms with Crippen LogP contribution in [0.25, 0.3) is 0 Å². The number of hydrogen-bond donors (Lipinski definition) is 1. The van der Waals surface area contributed by atoms with Gasteiger partial charge in [0, 0.05) is 24.3 Å². The quantitative estimate of drug-likeness (QED) is 0.885. The van der Waals surface area contributed by atoms with Crippen LogP contribution >= 0.6 is 0 Å². The molecule has 0 aromatic carbocycles. The summed E-state index contributed by atoms with van der Waals surface area (Å²) in [5.74, 6) is 0.859. The lowest BCUT2D eigenvalue weighted by Gasteiger charge is -2.32. The Labute approximate surface area is 116 Å². The molecule has 0 radical (unpaired) electrons. The van der Waals surface area contributed by atoms with Gasteiger partial charge in [-0.05, 0) is 46.2 Å². The molecule has 2 heterocycles. The van der Waals surface area contributed by atoms with Gasteiger partial charge in [0.1, 0.15) is 0 Å². The molecule has 19 heavy (non-hydrogen) atoms. The number of pyridine rings is 1. The van der Waals surface area contributed by atoms with E-state index in [-0.39, 0.29) is 0 Å². The fourth-order valence-electron chi connectivity index (χ4n) is 2.65. The molecule has 1 saturated heterocycles. The summed E-state index contributed by atoms with van der Waals surface area (Å²) in [6, 6.07) is 3.15. The maximum atomic E-state index is 5.47. The van der Waals surface area contributed by atoms with Gasteiger partial charge in [-0.1, -0.05) is 0 Å². The lowest BCUT2D eigenvalue weighted by atomic mass is 10.1. The summed E-state index contributed by atoms with van der Waals surface area (Å²) < 4.78 is 5.47. The van der Waals surface area contributed by atoms with Crippen molar-refractivity contribution in [2.24, 2.45) is 0 Å². The van der Waals surface area contributed by atoms with Gasteiger partial charge in [0.15, 0.2) is 5.75 Å². The molecule has 4 nitrogen and oxygen atoms in total. The van der Waals surface area contributed by atoms with Crippen LogP contribution in [0, 0.1) is 6.92 Å². The number of ether oxygens (including phenoxy) is 1. The van der Waals surface area contributed by atoms with Crippen LogP contribution in [-0.2, 0) is 0 Å². The lowest BCUT2D eigenvalue weighted by molar-refractivity contribution is 0.409. The van der Waals surface area contributed by atoms with Crippen molar-refractivity contribution >= 4 is 5.69 Å². The first-order valence-electron chi connectivity index (χ1n) is 7.12. The van der Waals surface area contributed by atoms with Crippen LogP contribution in [0.3, 0.4) is 0 Å². The van der Waals surface area contributed by atoms with Gasteiger partial charge >= 0.3 is 0 Å². The minimum absolute atomic E-state index is 0.443. The van der Waals surface area contributed by atoms with Crippen molar-refractivity contribution in [3.05, 3.63) is 18.0 Å². The summed E-state index contributed by atoms with van der Waals surface area (Å²) in [4.78, 5) is 6.73. The van der Waals surface area contributed by atoms with Crippen LogP contribution in [0.15, 0.2) is 12.3 Å². The number of aromatic nitrogens is 1. The second-order valence-corrected chi connectivity index (χ2v) is 5.54. The molecule has 2 rings (SSSR count). The Morgan fingerprint density at radius 2 is 2.32 bits per heavy atom. The van der Waals surface area contributed by atoms with E-state index in [9.17, 15) is 0 Å². The molecule has 1 N–H and O–H groups in total. The highest BCUT2D eigenvalue weighted by Crippen LogP contribution is 2.30. The molecule has 1 atom stereocenters. The third kappa shape index (κ3) is 3.38. The zero-order valence-electron chi connectivity index (χ0n) is 12.4. The summed E-state index contributed by atoms with van der Waals surface area (Å²) in [5.41, 5.74) is 2.18. The van der Waals surface area contributed by atoms with Crippen LogP contribution in [0.5, 0.6) is 5.75 Å². The fraction of sp³-hybridized carbons (Fsp3) is 0.667. The molecule has 1 aliphatic rings. The summed E-state index contributed by atoms with van der Waals surface area (Å²) in [5, 5.41) is 3.57. The highest BCUT2D eigenvalue weighted by atomic mass is 16.5. The van der Waals surface area contributed by atoms with Crippen molar-refractivity contribution in [2.45, 2.75) is 45.7 Å². The van der Waals surface area contributed by atoms with Crippen molar-refractivity contribution in [1.82, 2.24) is 10.3 Å². The van der Waals surface area contributed by atoms with Crippen molar-refractivity contribution in [3.63, 3.8) is 0 Å². The zero-order valence-corrected chi connectivity index (χ0v) is 12.4. The molecule has 1 unspecified atom stereocenters. The van der Waals surface area contributed by atoms with E-state index in [1.807, 2.05) is 13.1 Å². The van der Waals surface area contributed by atoms with E-state index in [1.165, 1.54) is 12.8 Å². The second-order valence-electron chi connectivity index (χ2n) is 5.54. The van der Waals surface area contributed by atoms with Crippen LogP contribution in [0.2, 0.25) is 0 Å². The Balaban J connectivity index is 2.24. The summed E-state index contributed by atoms with van der Waals surface area (Å²) >= 11 is 0. The normalized spacial score (nSPS) is 18.9. The molecular formula is C15H25N3O. The summed E-state index contributed by atoms with van der Waals surface area (Å²) in [6.07, 6.45) is 4.36. The van der Waals surface area contributed by atoms with Crippen LogP contribution in [0.4, 0.5) is 5.69 Å². The van der Waals surface area contributed by atoms with Crippen molar-refractivity contribution in [2.75, 3.05) is 25.1 Å². The van der Waals surface area contributed by atoms with Crippen molar-refractivity contribution in [3.8, 4) is 5.75 Å². The van der Waals surface area contributed by atoms with E-state index in [2.05, 4.69) is 35.1 Å².